The van der Waals surface area contributed by atoms with Crippen molar-refractivity contribution in [3.8, 4) is 0 Å². The molecule has 112 valence electrons. The Labute approximate surface area is 121 Å². The van der Waals surface area contributed by atoms with Gasteiger partial charge in [-0.3, -0.25) is 9.78 Å². The van der Waals surface area contributed by atoms with Crippen molar-refractivity contribution in [3.63, 3.8) is 0 Å². The van der Waals surface area contributed by atoms with Crippen molar-refractivity contribution in [3.05, 3.63) is 41.8 Å². The smallest absolute Gasteiger partial charge is 0.254 e. The maximum Gasteiger partial charge on any atom is 0.254 e. The number of nitrogens with one attached hydrogen (secondary N) is 1. The normalized spacial score (nSPS) is 11.6. The summed E-state index contributed by atoms with van der Waals surface area (Å²) in [6.07, 6.45) is 1.86. The number of carbonyl (C=O) groups is 1. The number of fused-ring (bicyclic) bond motifs is 1. The second kappa shape index (κ2) is 6.15. The van der Waals surface area contributed by atoms with Crippen molar-refractivity contribution in [2.75, 3.05) is 13.2 Å². The van der Waals surface area contributed by atoms with Gasteiger partial charge in [-0.05, 0) is 24.6 Å². The van der Waals surface area contributed by atoms with E-state index >= 15 is 0 Å². The van der Waals surface area contributed by atoms with Gasteiger partial charge in [0.25, 0.3) is 5.91 Å². The molecule has 0 spiro atoms. The van der Waals surface area contributed by atoms with Gasteiger partial charge in [0.15, 0.2) is 0 Å². The number of pyridine rings is 1. The first-order chi connectivity index (χ1) is 10.0. The SMILES string of the molecule is CCC(CO)(CO)NC(=O)c1cc(F)cc2cccnc12. The molecule has 1 aromatic carbocycles. The van der Waals surface area contributed by atoms with Gasteiger partial charge in [-0.15, -0.1) is 0 Å². The molecule has 0 fully saturated rings. The molecule has 0 atom stereocenters. The molecule has 0 saturated carbocycles. The number of halogens is 1. The fourth-order valence-corrected chi connectivity index (χ4v) is 2.08. The van der Waals surface area contributed by atoms with Crippen LogP contribution in [0.2, 0.25) is 0 Å². The van der Waals surface area contributed by atoms with Crippen molar-refractivity contribution in [1.82, 2.24) is 10.3 Å². The number of hydrogen-bond donors (Lipinski definition) is 3. The van der Waals surface area contributed by atoms with Crippen molar-refractivity contribution >= 4 is 16.8 Å². The summed E-state index contributed by atoms with van der Waals surface area (Å²) in [5.74, 6) is -1.13. The standard InChI is InChI=1S/C15H17FN2O3/c1-2-15(8-19,9-20)18-14(21)12-7-11(16)6-10-4-3-5-17-13(10)12/h3-7,19-20H,2,8-9H2,1H3,(H,18,21). The number of aliphatic hydroxyl groups excluding tert-OH is 2. The summed E-state index contributed by atoms with van der Waals surface area (Å²) in [6, 6.07) is 5.71. The van der Waals surface area contributed by atoms with Gasteiger partial charge in [0.2, 0.25) is 0 Å². The van der Waals surface area contributed by atoms with Crippen molar-refractivity contribution in [2.45, 2.75) is 18.9 Å². The number of aliphatic hydroxyl groups is 2. The van der Waals surface area contributed by atoms with E-state index in [0.717, 1.165) is 6.07 Å². The average molecular weight is 292 g/mol. The Kier molecular flexibility index (Phi) is 4.50. The van der Waals surface area contributed by atoms with E-state index in [4.69, 9.17) is 0 Å². The number of aromatic nitrogens is 1. The number of carbonyl (C=O) groups excluding carboxylic acids is 1. The van der Waals surface area contributed by atoms with Crippen LogP contribution in [0.4, 0.5) is 4.39 Å². The van der Waals surface area contributed by atoms with E-state index in [0.29, 0.717) is 17.3 Å². The summed E-state index contributed by atoms with van der Waals surface area (Å²) < 4.78 is 13.6. The number of rotatable bonds is 5. The minimum Gasteiger partial charge on any atom is -0.394 e. The van der Waals surface area contributed by atoms with E-state index in [-0.39, 0.29) is 5.56 Å². The second-order valence-electron chi connectivity index (χ2n) is 4.93. The molecular formula is C15H17FN2O3. The van der Waals surface area contributed by atoms with Crippen molar-refractivity contribution in [1.29, 1.82) is 0 Å². The average Bonchev–Trinajstić information content (AvgIpc) is 2.51. The van der Waals surface area contributed by atoms with Crippen LogP contribution >= 0.6 is 0 Å². The van der Waals surface area contributed by atoms with Gasteiger partial charge in [-0.25, -0.2) is 4.39 Å². The second-order valence-corrected chi connectivity index (χ2v) is 4.93. The van der Waals surface area contributed by atoms with E-state index in [1.54, 1.807) is 19.1 Å². The maximum atomic E-state index is 13.6. The van der Waals surface area contributed by atoms with Crippen LogP contribution in [0.3, 0.4) is 0 Å². The lowest BCUT2D eigenvalue weighted by molar-refractivity contribution is 0.0654. The third kappa shape index (κ3) is 3.01. The predicted molar refractivity (Wildman–Crippen MR) is 76.4 cm³/mol. The van der Waals surface area contributed by atoms with Gasteiger partial charge in [0.1, 0.15) is 5.82 Å². The Morgan fingerprint density at radius 2 is 2.10 bits per heavy atom. The highest BCUT2D eigenvalue weighted by atomic mass is 19.1. The first-order valence-corrected chi connectivity index (χ1v) is 6.64. The Hall–Kier alpha value is -2.05. The Morgan fingerprint density at radius 3 is 2.71 bits per heavy atom. The molecule has 0 radical (unpaired) electrons. The molecule has 1 heterocycles. The fraction of sp³-hybridized carbons (Fsp3) is 0.333. The highest BCUT2D eigenvalue weighted by Gasteiger charge is 2.29. The van der Waals surface area contributed by atoms with Crippen LogP contribution in [0.5, 0.6) is 0 Å². The number of amides is 1. The van der Waals surface area contributed by atoms with Crippen LogP contribution in [0.25, 0.3) is 10.9 Å². The van der Waals surface area contributed by atoms with Crippen LogP contribution in [0.15, 0.2) is 30.5 Å². The van der Waals surface area contributed by atoms with E-state index in [1.165, 1.54) is 12.3 Å². The molecule has 2 aromatic rings. The summed E-state index contributed by atoms with van der Waals surface area (Å²) >= 11 is 0. The van der Waals surface area contributed by atoms with Crippen molar-refractivity contribution in [2.24, 2.45) is 0 Å². The van der Waals surface area contributed by atoms with Crippen LogP contribution in [-0.4, -0.2) is 39.9 Å². The molecule has 1 amide bonds. The zero-order valence-corrected chi connectivity index (χ0v) is 11.6. The van der Waals surface area contributed by atoms with Crippen LogP contribution in [-0.2, 0) is 0 Å². The molecule has 0 bridgehead atoms. The van der Waals surface area contributed by atoms with Gasteiger partial charge < -0.3 is 15.5 Å². The maximum absolute atomic E-state index is 13.6. The molecule has 0 aliphatic rings. The molecule has 5 nitrogen and oxygen atoms in total. The number of nitrogens with zero attached hydrogens (tertiary/aromatic N) is 1. The first-order valence-electron chi connectivity index (χ1n) is 6.64. The molecule has 1 aromatic heterocycles. The van der Waals surface area contributed by atoms with Gasteiger partial charge in [0, 0.05) is 11.6 Å². The highest BCUT2D eigenvalue weighted by Crippen LogP contribution is 2.19. The predicted octanol–water partition coefficient (Wildman–Crippen LogP) is 1.24. The monoisotopic (exact) mass is 292 g/mol. The quantitative estimate of drug-likeness (QED) is 0.774. The van der Waals surface area contributed by atoms with Gasteiger partial charge >= 0.3 is 0 Å². The van der Waals surface area contributed by atoms with Crippen molar-refractivity contribution < 1.29 is 19.4 Å². The van der Waals surface area contributed by atoms with Crippen LogP contribution < -0.4 is 5.32 Å². The lowest BCUT2D eigenvalue weighted by atomic mass is 9.97. The minimum absolute atomic E-state index is 0.0744. The number of benzene rings is 1. The molecule has 0 aliphatic carbocycles. The first kappa shape index (κ1) is 15.3. The zero-order chi connectivity index (χ0) is 15.5. The van der Waals surface area contributed by atoms with E-state index in [1.807, 2.05) is 0 Å². The zero-order valence-electron chi connectivity index (χ0n) is 11.6. The Morgan fingerprint density at radius 1 is 1.38 bits per heavy atom. The van der Waals surface area contributed by atoms with Gasteiger partial charge in [-0.1, -0.05) is 13.0 Å². The molecule has 0 saturated heterocycles. The molecule has 2 rings (SSSR count). The lowest BCUT2D eigenvalue weighted by Gasteiger charge is -2.29. The van der Waals surface area contributed by atoms with Crippen LogP contribution in [0, 0.1) is 5.82 Å². The fourth-order valence-electron chi connectivity index (χ4n) is 2.08. The number of hydrogen-bond acceptors (Lipinski definition) is 4. The van der Waals surface area contributed by atoms with Crippen LogP contribution in [0.1, 0.15) is 23.7 Å². The highest BCUT2D eigenvalue weighted by molar-refractivity contribution is 6.05. The molecule has 6 heteroatoms. The molecule has 3 N–H and O–H groups in total. The van der Waals surface area contributed by atoms with E-state index in [2.05, 4.69) is 10.3 Å². The molecular weight excluding hydrogens is 275 g/mol. The van der Waals surface area contributed by atoms with E-state index < -0.39 is 30.5 Å². The molecule has 21 heavy (non-hydrogen) atoms. The van der Waals surface area contributed by atoms with Gasteiger partial charge in [-0.2, -0.15) is 0 Å². The van der Waals surface area contributed by atoms with E-state index in [9.17, 15) is 19.4 Å². The lowest BCUT2D eigenvalue weighted by Crippen LogP contribution is -2.53. The summed E-state index contributed by atoms with van der Waals surface area (Å²) in [4.78, 5) is 16.5. The topological polar surface area (TPSA) is 82.5 Å². The summed E-state index contributed by atoms with van der Waals surface area (Å²) in [5.41, 5.74) is -0.688. The Balaban J connectivity index is 2.44. The summed E-state index contributed by atoms with van der Waals surface area (Å²) in [6.45, 7) is 0.910. The summed E-state index contributed by atoms with van der Waals surface area (Å²) in [7, 11) is 0. The summed E-state index contributed by atoms with van der Waals surface area (Å²) in [5, 5.41) is 21.8. The third-order valence-corrected chi connectivity index (χ3v) is 3.58. The molecule has 0 unspecified atom stereocenters. The largest absolute Gasteiger partial charge is 0.394 e. The van der Waals surface area contributed by atoms with Gasteiger partial charge in [0.05, 0.1) is 29.8 Å². The minimum atomic E-state index is -1.13. The third-order valence-electron chi connectivity index (χ3n) is 3.58. The molecule has 0 aliphatic heterocycles. The Bertz CT molecular complexity index is 648.